The van der Waals surface area contributed by atoms with E-state index < -0.39 is 0 Å². The highest BCUT2D eigenvalue weighted by molar-refractivity contribution is 5.97. The van der Waals surface area contributed by atoms with Crippen LogP contribution in [0.5, 0.6) is 6.01 Å². The van der Waals surface area contributed by atoms with Gasteiger partial charge in [0, 0.05) is 68.4 Å². The van der Waals surface area contributed by atoms with Crippen LogP contribution in [0.1, 0.15) is 42.5 Å². The van der Waals surface area contributed by atoms with Gasteiger partial charge in [0.05, 0.1) is 36.8 Å². The lowest BCUT2D eigenvalue weighted by molar-refractivity contribution is -0.133. The molecule has 2 aromatic carbocycles. The number of anilines is 2. The number of amides is 1. The maximum absolute atomic E-state index is 13.0. The second-order valence-electron chi connectivity index (χ2n) is 12.9. The Bertz CT molecular complexity index is 1690. The van der Waals surface area contributed by atoms with E-state index >= 15 is 0 Å². The van der Waals surface area contributed by atoms with Crippen molar-refractivity contribution in [3.8, 4) is 24.4 Å². The van der Waals surface area contributed by atoms with E-state index in [2.05, 4.69) is 75.3 Å². The molecule has 0 bridgehead atoms. The van der Waals surface area contributed by atoms with Crippen LogP contribution in [0.15, 0.2) is 36.4 Å². The van der Waals surface area contributed by atoms with Crippen LogP contribution in [0.25, 0.3) is 10.8 Å². The van der Waals surface area contributed by atoms with Crippen molar-refractivity contribution in [3.63, 3.8) is 0 Å². The van der Waals surface area contributed by atoms with Gasteiger partial charge < -0.3 is 24.8 Å². The first-order chi connectivity index (χ1) is 22.5. The maximum Gasteiger partial charge on any atom is 0.318 e. The summed E-state index contributed by atoms with van der Waals surface area (Å²) in [6.07, 6.45) is 9.57. The topological polar surface area (TPSA) is 111 Å². The van der Waals surface area contributed by atoms with Crippen molar-refractivity contribution in [2.75, 3.05) is 62.2 Å². The third-order valence-electron chi connectivity index (χ3n) is 10.0. The summed E-state index contributed by atoms with van der Waals surface area (Å²) in [6.45, 7) is 8.58. The number of piperazine rings is 1. The van der Waals surface area contributed by atoms with E-state index in [9.17, 15) is 10.1 Å². The minimum absolute atomic E-state index is 0.0978. The summed E-state index contributed by atoms with van der Waals surface area (Å²) < 4.78 is 6.42. The molecule has 3 saturated heterocycles. The van der Waals surface area contributed by atoms with Crippen molar-refractivity contribution in [1.29, 1.82) is 5.26 Å². The molecule has 238 valence electrons. The molecule has 1 aromatic heterocycles. The van der Waals surface area contributed by atoms with Crippen LogP contribution in [0.3, 0.4) is 0 Å². The van der Waals surface area contributed by atoms with Crippen molar-refractivity contribution in [3.05, 3.63) is 53.2 Å². The Labute approximate surface area is 271 Å². The first kappa shape index (κ1) is 30.3. The number of nitrogens with zero attached hydrogens (tertiary/aromatic N) is 7. The fourth-order valence-electron chi connectivity index (χ4n) is 7.50. The average Bonchev–Trinajstić information content (AvgIpc) is 3.84. The number of nitriles is 1. The van der Waals surface area contributed by atoms with Gasteiger partial charge in [0.25, 0.3) is 0 Å². The molecule has 3 atom stereocenters. The van der Waals surface area contributed by atoms with Crippen molar-refractivity contribution < 1.29 is 9.53 Å². The molecule has 0 radical (unpaired) electrons. The SMILES string of the molecule is C#CCCN1CCC[C@H]1COc1nc2c(c(N3CCN(C(=O)[C@@H]4CN4)[C@@H](CC#N)C3)n1)CCN(c1cccc3cccc(C)c13)C2. The third-order valence-corrected chi connectivity index (χ3v) is 10.0. The van der Waals surface area contributed by atoms with E-state index in [1.165, 1.54) is 22.0 Å². The highest BCUT2D eigenvalue weighted by atomic mass is 16.5. The summed E-state index contributed by atoms with van der Waals surface area (Å²) in [5, 5.41) is 15.3. The first-order valence-corrected chi connectivity index (χ1v) is 16.6. The zero-order chi connectivity index (χ0) is 31.6. The van der Waals surface area contributed by atoms with E-state index in [0.29, 0.717) is 45.3 Å². The summed E-state index contributed by atoms with van der Waals surface area (Å²) in [4.78, 5) is 32.1. The molecule has 3 aromatic rings. The maximum atomic E-state index is 13.0. The van der Waals surface area contributed by atoms with E-state index in [4.69, 9.17) is 21.1 Å². The van der Waals surface area contributed by atoms with E-state index in [1.54, 1.807) is 0 Å². The minimum Gasteiger partial charge on any atom is -0.462 e. The number of hydrogen-bond acceptors (Lipinski definition) is 9. The second-order valence-corrected chi connectivity index (χ2v) is 12.9. The van der Waals surface area contributed by atoms with Gasteiger partial charge in [-0.05, 0) is 49.7 Å². The van der Waals surface area contributed by atoms with E-state index in [0.717, 1.165) is 62.4 Å². The molecule has 0 unspecified atom stereocenters. The molecular weight excluding hydrogens is 576 g/mol. The molecule has 10 heteroatoms. The lowest BCUT2D eigenvalue weighted by atomic mass is 9.99. The molecule has 1 amide bonds. The Kier molecular flexibility index (Phi) is 8.66. The smallest absolute Gasteiger partial charge is 0.318 e. The van der Waals surface area contributed by atoms with Crippen molar-refractivity contribution >= 4 is 28.2 Å². The van der Waals surface area contributed by atoms with Crippen LogP contribution in [0.4, 0.5) is 11.5 Å². The quantitative estimate of drug-likeness (QED) is 0.285. The largest absolute Gasteiger partial charge is 0.462 e. The van der Waals surface area contributed by atoms with E-state index in [1.807, 2.05) is 4.90 Å². The summed E-state index contributed by atoms with van der Waals surface area (Å²) in [5.41, 5.74) is 4.59. The molecule has 0 spiro atoms. The van der Waals surface area contributed by atoms with Crippen LogP contribution in [0, 0.1) is 30.6 Å². The zero-order valence-corrected chi connectivity index (χ0v) is 26.6. The molecule has 46 heavy (non-hydrogen) atoms. The number of nitrogens with one attached hydrogen (secondary N) is 1. The predicted molar refractivity (Wildman–Crippen MR) is 179 cm³/mol. The normalized spacial score (nSPS) is 22.8. The molecule has 1 N–H and O–H groups in total. The number of fused-ring (bicyclic) bond motifs is 2. The predicted octanol–water partition coefficient (Wildman–Crippen LogP) is 3.27. The lowest BCUT2D eigenvalue weighted by Crippen LogP contribution is -2.57. The Hall–Kier alpha value is -4.38. The summed E-state index contributed by atoms with van der Waals surface area (Å²) in [7, 11) is 0. The van der Waals surface area contributed by atoms with Crippen LogP contribution in [-0.2, 0) is 17.8 Å². The zero-order valence-electron chi connectivity index (χ0n) is 26.6. The first-order valence-electron chi connectivity index (χ1n) is 16.6. The lowest BCUT2D eigenvalue weighted by Gasteiger charge is -2.42. The summed E-state index contributed by atoms with van der Waals surface area (Å²) in [5.74, 6) is 3.74. The third kappa shape index (κ3) is 6.08. The monoisotopic (exact) mass is 618 g/mol. The number of aryl methyl sites for hydroxylation is 1. The van der Waals surface area contributed by atoms with Crippen molar-refractivity contribution in [2.24, 2.45) is 0 Å². The highest BCUT2D eigenvalue weighted by Crippen LogP contribution is 2.36. The molecule has 4 aliphatic rings. The molecule has 7 rings (SSSR count). The average molecular weight is 619 g/mol. The van der Waals surface area contributed by atoms with Gasteiger partial charge in [0.15, 0.2) is 0 Å². The molecule has 10 nitrogen and oxygen atoms in total. The van der Waals surface area contributed by atoms with Gasteiger partial charge in [0.2, 0.25) is 5.91 Å². The van der Waals surface area contributed by atoms with Crippen LogP contribution in [-0.4, -0.2) is 96.2 Å². The number of carbonyl (C=O) groups excluding carboxylic acids is 1. The number of hydrogen-bond donors (Lipinski definition) is 1. The Morgan fingerprint density at radius 2 is 1.96 bits per heavy atom. The van der Waals surface area contributed by atoms with Gasteiger partial charge in [0.1, 0.15) is 12.4 Å². The minimum atomic E-state index is -0.189. The van der Waals surface area contributed by atoms with Gasteiger partial charge >= 0.3 is 6.01 Å². The standard InChI is InChI=1S/C36H42N8O2/c1-3-4-16-41-17-7-11-28(41)24-46-36-39-31-23-42(32-12-6-10-26-9-5-8-25(2)33(26)32)18-14-29(31)34(40-36)43-19-20-44(27(22-43)13-15-37)35(45)30-21-38-30/h1,5-6,8-10,12,27-28,30,38H,4,7,11,13-14,16-24H2,2H3/t27-,28-,30-/m0/s1. The number of benzene rings is 2. The van der Waals surface area contributed by atoms with Crippen molar-refractivity contribution in [2.45, 2.75) is 63.7 Å². The van der Waals surface area contributed by atoms with Crippen molar-refractivity contribution in [1.82, 2.24) is 25.1 Å². The fourth-order valence-corrected chi connectivity index (χ4v) is 7.50. The fraction of sp³-hybridized carbons (Fsp3) is 0.500. The number of terminal acetylenes is 1. The Balaban J connectivity index is 1.19. The number of likely N-dealkylation sites (tertiary alicyclic amines) is 1. The summed E-state index contributed by atoms with van der Waals surface area (Å²) in [6, 6.07) is 15.7. The van der Waals surface area contributed by atoms with Gasteiger partial charge in [-0.15, -0.1) is 12.3 Å². The molecule has 5 heterocycles. The molecule has 0 saturated carbocycles. The van der Waals surface area contributed by atoms with Gasteiger partial charge in [-0.1, -0.05) is 30.3 Å². The molecule has 0 aliphatic carbocycles. The van der Waals surface area contributed by atoms with Crippen LogP contribution < -0.4 is 19.9 Å². The highest BCUT2D eigenvalue weighted by Gasteiger charge is 2.39. The summed E-state index contributed by atoms with van der Waals surface area (Å²) >= 11 is 0. The number of aromatic nitrogens is 2. The van der Waals surface area contributed by atoms with Gasteiger partial charge in [-0.25, -0.2) is 0 Å². The second kappa shape index (κ2) is 13.2. The molecule has 4 aliphatic heterocycles. The number of carbonyl (C=O) groups is 1. The van der Waals surface area contributed by atoms with E-state index in [-0.39, 0.29) is 30.5 Å². The van der Waals surface area contributed by atoms with Gasteiger partial charge in [-0.3, -0.25) is 9.69 Å². The Morgan fingerprint density at radius 3 is 2.76 bits per heavy atom. The van der Waals surface area contributed by atoms with Crippen LogP contribution in [0.2, 0.25) is 0 Å². The number of rotatable bonds is 9. The molecule has 3 fully saturated rings. The van der Waals surface area contributed by atoms with Gasteiger partial charge in [-0.2, -0.15) is 15.2 Å². The number of ether oxygens (including phenoxy) is 1. The molecular formula is C36H42N8O2. The Morgan fingerprint density at radius 1 is 1.11 bits per heavy atom. The van der Waals surface area contributed by atoms with Crippen LogP contribution >= 0.6 is 0 Å².